The van der Waals surface area contributed by atoms with Gasteiger partial charge < -0.3 is 5.73 Å². The molecule has 0 amide bonds. The first-order valence-electron chi connectivity index (χ1n) is 3.43. The molecule has 0 saturated heterocycles. The van der Waals surface area contributed by atoms with Crippen molar-refractivity contribution in [2.75, 3.05) is 11.5 Å². The lowest BCUT2D eigenvalue weighted by molar-refractivity contribution is 0.596. The van der Waals surface area contributed by atoms with E-state index < -0.39 is 9.84 Å². The van der Waals surface area contributed by atoms with Crippen molar-refractivity contribution in [2.45, 2.75) is 12.7 Å². The van der Waals surface area contributed by atoms with Gasteiger partial charge in [-0.15, -0.1) is 11.3 Å². The van der Waals surface area contributed by atoms with Crippen LogP contribution in [0.3, 0.4) is 0 Å². The zero-order valence-electron chi connectivity index (χ0n) is 6.65. The van der Waals surface area contributed by atoms with Gasteiger partial charge in [0.2, 0.25) is 0 Å². The number of hydrogen-bond acceptors (Lipinski definition) is 5. The fraction of sp³-hybridized carbons (Fsp3) is 0.500. The summed E-state index contributed by atoms with van der Waals surface area (Å²) in [5.74, 6) is 0.0861. The molecule has 1 heterocycles. The molecular formula is C6H10N2O2S2. The van der Waals surface area contributed by atoms with Crippen molar-refractivity contribution in [1.29, 1.82) is 0 Å². The molecule has 0 aromatic carbocycles. The molecule has 0 saturated carbocycles. The van der Waals surface area contributed by atoms with Crippen LogP contribution in [0.15, 0.2) is 5.51 Å². The SMILES string of the molecule is CCS(=O)(=O)Cc1ncsc1N. The molecule has 1 rings (SSSR count). The van der Waals surface area contributed by atoms with E-state index in [0.29, 0.717) is 10.7 Å². The molecule has 0 aliphatic heterocycles. The Morgan fingerprint density at radius 1 is 1.67 bits per heavy atom. The first-order valence-corrected chi connectivity index (χ1v) is 6.13. The van der Waals surface area contributed by atoms with Crippen LogP contribution in [-0.4, -0.2) is 19.2 Å². The van der Waals surface area contributed by atoms with E-state index in [1.54, 1.807) is 12.4 Å². The third-order valence-electron chi connectivity index (χ3n) is 1.47. The van der Waals surface area contributed by atoms with Crippen molar-refractivity contribution in [1.82, 2.24) is 4.98 Å². The van der Waals surface area contributed by atoms with Crippen LogP contribution in [0.1, 0.15) is 12.6 Å². The normalized spacial score (nSPS) is 11.8. The lowest BCUT2D eigenvalue weighted by Crippen LogP contribution is -2.07. The van der Waals surface area contributed by atoms with Crippen LogP contribution in [0.25, 0.3) is 0 Å². The lowest BCUT2D eigenvalue weighted by Gasteiger charge is -1.97. The van der Waals surface area contributed by atoms with Gasteiger partial charge in [0.1, 0.15) is 5.00 Å². The maximum atomic E-state index is 11.1. The summed E-state index contributed by atoms with van der Waals surface area (Å²) in [6.07, 6.45) is 0. The number of nitrogen functional groups attached to an aromatic ring is 1. The molecule has 0 radical (unpaired) electrons. The highest BCUT2D eigenvalue weighted by Crippen LogP contribution is 2.17. The Morgan fingerprint density at radius 3 is 2.75 bits per heavy atom. The lowest BCUT2D eigenvalue weighted by atomic mass is 10.5. The molecule has 0 atom stereocenters. The zero-order valence-corrected chi connectivity index (χ0v) is 8.28. The summed E-state index contributed by atoms with van der Waals surface area (Å²) in [5, 5.41) is 0.493. The number of aromatic nitrogens is 1. The van der Waals surface area contributed by atoms with Gasteiger partial charge in [0, 0.05) is 5.75 Å². The van der Waals surface area contributed by atoms with E-state index in [9.17, 15) is 8.42 Å². The Labute approximate surface area is 75.4 Å². The van der Waals surface area contributed by atoms with E-state index in [0.717, 1.165) is 0 Å². The highest BCUT2D eigenvalue weighted by Gasteiger charge is 2.12. The molecule has 0 fully saturated rings. The minimum Gasteiger partial charge on any atom is -0.389 e. The van der Waals surface area contributed by atoms with Crippen LogP contribution in [0.2, 0.25) is 0 Å². The summed E-state index contributed by atoms with van der Waals surface area (Å²) in [5.41, 5.74) is 7.52. The number of nitrogens with two attached hydrogens (primary N) is 1. The molecule has 0 spiro atoms. The predicted octanol–water partition coefficient (Wildman–Crippen LogP) is 0.660. The number of hydrogen-bond donors (Lipinski definition) is 1. The molecule has 0 unspecified atom stereocenters. The first-order chi connectivity index (χ1) is 5.55. The van der Waals surface area contributed by atoms with Crippen LogP contribution in [-0.2, 0) is 15.6 Å². The van der Waals surface area contributed by atoms with E-state index in [1.165, 1.54) is 11.3 Å². The van der Waals surface area contributed by atoms with Crippen LogP contribution < -0.4 is 5.73 Å². The van der Waals surface area contributed by atoms with E-state index in [-0.39, 0.29) is 11.5 Å². The Bertz CT molecular complexity index is 355. The Balaban J connectivity index is 2.84. The van der Waals surface area contributed by atoms with Crippen molar-refractivity contribution in [3.8, 4) is 0 Å². The summed E-state index contributed by atoms with van der Waals surface area (Å²) in [6, 6.07) is 0. The van der Waals surface area contributed by atoms with E-state index in [4.69, 9.17) is 5.73 Å². The maximum absolute atomic E-state index is 11.1. The molecule has 0 aliphatic rings. The van der Waals surface area contributed by atoms with Crippen molar-refractivity contribution < 1.29 is 8.42 Å². The zero-order chi connectivity index (χ0) is 9.19. The van der Waals surface area contributed by atoms with Gasteiger partial charge in [-0.2, -0.15) is 0 Å². The topological polar surface area (TPSA) is 73.0 Å². The number of thiazole rings is 1. The Kier molecular flexibility index (Phi) is 2.69. The average Bonchev–Trinajstić information content (AvgIpc) is 2.36. The third-order valence-corrected chi connectivity index (χ3v) is 3.76. The summed E-state index contributed by atoms with van der Waals surface area (Å²) in [7, 11) is -3.00. The highest BCUT2D eigenvalue weighted by atomic mass is 32.2. The third kappa shape index (κ3) is 2.18. The smallest absolute Gasteiger partial charge is 0.155 e. The van der Waals surface area contributed by atoms with Gasteiger partial charge in [-0.1, -0.05) is 6.92 Å². The van der Waals surface area contributed by atoms with Crippen molar-refractivity contribution in [3.63, 3.8) is 0 Å². The van der Waals surface area contributed by atoms with Gasteiger partial charge in [0.25, 0.3) is 0 Å². The van der Waals surface area contributed by atoms with Crippen molar-refractivity contribution >= 4 is 26.2 Å². The first kappa shape index (κ1) is 9.47. The minimum atomic E-state index is -3.00. The van der Waals surface area contributed by atoms with Gasteiger partial charge in [-0.25, -0.2) is 13.4 Å². The van der Waals surface area contributed by atoms with E-state index in [2.05, 4.69) is 4.98 Å². The van der Waals surface area contributed by atoms with Crippen LogP contribution >= 0.6 is 11.3 Å². The molecule has 0 bridgehead atoms. The van der Waals surface area contributed by atoms with E-state index >= 15 is 0 Å². The second-order valence-corrected chi connectivity index (χ2v) is 5.58. The molecule has 0 aliphatic carbocycles. The minimum absolute atomic E-state index is 0.0428. The molecule has 12 heavy (non-hydrogen) atoms. The summed E-state index contributed by atoms with van der Waals surface area (Å²) < 4.78 is 22.3. The maximum Gasteiger partial charge on any atom is 0.155 e. The fourth-order valence-electron chi connectivity index (χ4n) is 0.697. The molecule has 1 aromatic heterocycles. The molecule has 6 heteroatoms. The standard InChI is InChI=1S/C6H10N2O2S2/c1-2-12(9,10)3-5-6(7)11-4-8-5/h4H,2-3,7H2,1H3. The summed E-state index contributed by atoms with van der Waals surface area (Å²) in [6.45, 7) is 1.61. The predicted molar refractivity (Wildman–Crippen MR) is 49.7 cm³/mol. The largest absolute Gasteiger partial charge is 0.389 e. The fourth-order valence-corrected chi connectivity index (χ4v) is 2.19. The number of sulfone groups is 1. The van der Waals surface area contributed by atoms with Gasteiger partial charge in [0.15, 0.2) is 9.84 Å². The monoisotopic (exact) mass is 206 g/mol. The van der Waals surface area contributed by atoms with Crippen LogP contribution in [0.5, 0.6) is 0 Å². The second-order valence-electron chi connectivity index (χ2n) is 2.34. The molecule has 1 aromatic rings. The quantitative estimate of drug-likeness (QED) is 0.788. The average molecular weight is 206 g/mol. The Hall–Kier alpha value is -0.620. The van der Waals surface area contributed by atoms with Gasteiger partial charge in [-0.05, 0) is 0 Å². The Morgan fingerprint density at radius 2 is 2.33 bits per heavy atom. The summed E-state index contributed by atoms with van der Waals surface area (Å²) >= 11 is 1.26. The highest BCUT2D eigenvalue weighted by molar-refractivity contribution is 7.90. The molecule has 68 valence electrons. The number of rotatable bonds is 3. The van der Waals surface area contributed by atoms with Crippen LogP contribution in [0, 0.1) is 0 Å². The number of anilines is 1. The van der Waals surface area contributed by atoms with Crippen molar-refractivity contribution in [3.05, 3.63) is 11.2 Å². The molecule has 4 nitrogen and oxygen atoms in total. The second kappa shape index (κ2) is 3.40. The number of nitrogens with zero attached hydrogens (tertiary/aromatic N) is 1. The van der Waals surface area contributed by atoms with Crippen molar-refractivity contribution in [2.24, 2.45) is 0 Å². The van der Waals surface area contributed by atoms with E-state index in [1.807, 2.05) is 0 Å². The molecular weight excluding hydrogens is 196 g/mol. The summed E-state index contributed by atoms with van der Waals surface area (Å²) in [4.78, 5) is 3.86. The van der Waals surface area contributed by atoms with Crippen LogP contribution in [0.4, 0.5) is 5.00 Å². The van der Waals surface area contributed by atoms with Gasteiger partial charge >= 0.3 is 0 Å². The van der Waals surface area contributed by atoms with Gasteiger partial charge in [-0.3, -0.25) is 0 Å². The van der Waals surface area contributed by atoms with Gasteiger partial charge in [0.05, 0.1) is 17.0 Å². The molecule has 2 N–H and O–H groups in total.